The summed E-state index contributed by atoms with van der Waals surface area (Å²) in [5, 5.41) is 0. The van der Waals surface area contributed by atoms with Crippen LogP contribution in [0.1, 0.15) is 99.2 Å². The van der Waals surface area contributed by atoms with Crippen LogP contribution >= 0.6 is 0 Å². The molecule has 0 fully saturated rings. The molecule has 0 aromatic heterocycles. The van der Waals surface area contributed by atoms with Crippen LogP contribution in [0.5, 0.6) is 0 Å². The average Bonchev–Trinajstić information content (AvgIpc) is 3.28. The van der Waals surface area contributed by atoms with Crippen molar-refractivity contribution < 1.29 is 24.7 Å². The average molecular weight is 520 g/mol. The molecule has 0 bridgehead atoms. The number of aryl methyl sites for hydroxylation is 4. The maximum Gasteiger partial charge on any atom is 0.0466 e. The van der Waals surface area contributed by atoms with E-state index in [1.54, 1.807) is 24.3 Å². The highest BCUT2D eigenvalue weighted by Gasteiger charge is 2.56. The van der Waals surface area contributed by atoms with Gasteiger partial charge in [0, 0.05) is 41.7 Å². The number of fused-ring (bicyclic) bond motifs is 1. The monoisotopic (exact) mass is 519 g/mol. The van der Waals surface area contributed by atoms with Crippen LogP contribution in [0.4, 0.5) is 17.1 Å². The lowest BCUT2D eigenvalue weighted by Gasteiger charge is -2.44. The molecule has 0 spiro atoms. The summed E-state index contributed by atoms with van der Waals surface area (Å²) in [5.74, 6) is 0. The van der Waals surface area contributed by atoms with Crippen LogP contribution in [0.3, 0.4) is 0 Å². The first kappa shape index (κ1) is 12.2. The molecule has 0 aliphatic heterocycles. The van der Waals surface area contributed by atoms with Gasteiger partial charge in [-0.25, -0.2) is 0 Å². The second-order valence-electron chi connectivity index (χ2n) is 10.6. The minimum Gasteiger partial charge on any atom is -0.310 e. The minimum atomic E-state index is -4.43. The molecule has 1 aliphatic rings. The molecule has 1 heteroatoms. The topological polar surface area (TPSA) is 3.24 Å². The number of benzene rings is 4. The van der Waals surface area contributed by atoms with Crippen LogP contribution in [0.25, 0.3) is 11.1 Å². The van der Waals surface area contributed by atoms with Crippen molar-refractivity contribution >= 4 is 17.1 Å². The Morgan fingerprint density at radius 1 is 0.474 bits per heavy atom. The van der Waals surface area contributed by atoms with E-state index in [1.807, 2.05) is 69.0 Å². The first-order chi connectivity index (χ1) is 25.2. The van der Waals surface area contributed by atoms with E-state index in [1.165, 1.54) is 6.07 Å². The fourth-order valence-electron chi connectivity index (χ4n) is 5.46. The maximum absolute atomic E-state index is 8.74. The van der Waals surface area contributed by atoms with E-state index in [4.69, 9.17) is 24.7 Å². The lowest BCUT2D eigenvalue weighted by molar-refractivity contribution is 0.125. The molecule has 196 valence electrons. The fraction of sp³-hybridized carbons (Fsp3) is 0.351. The van der Waals surface area contributed by atoms with Gasteiger partial charge < -0.3 is 4.90 Å². The summed E-state index contributed by atoms with van der Waals surface area (Å²) >= 11 is 0. The Labute approximate surface area is 255 Å². The van der Waals surface area contributed by atoms with Gasteiger partial charge in [0.2, 0.25) is 0 Å². The quantitative estimate of drug-likeness (QED) is 0.259. The van der Waals surface area contributed by atoms with Crippen molar-refractivity contribution in [2.75, 3.05) is 4.90 Å². The second kappa shape index (κ2) is 8.87. The van der Waals surface area contributed by atoms with E-state index in [0.717, 1.165) is 45.8 Å². The Balaban J connectivity index is 1.90. The summed E-state index contributed by atoms with van der Waals surface area (Å²) < 4.78 is 156. The van der Waals surface area contributed by atoms with Gasteiger partial charge in [0.05, 0.1) is 0 Å². The summed E-state index contributed by atoms with van der Waals surface area (Å²) in [6.07, 6.45) is 0. The van der Waals surface area contributed by atoms with Crippen molar-refractivity contribution in [3.63, 3.8) is 0 Å². The first-order valence-electron chi connectivity index (χ1n) is 21.4. The molecule has 5 rings (SSSR count). The van der Waals surface area contributed by atoms with Crippen LogP contribution in [0, 0.1) is 33.1 Å². The van der Waals surface area contributed by atoms with Crippen molar-refractivity contribution in [2.24, 2.45) is 5.41 Å². The van der Waals surface area contributed by atoms with Crippen LogP contribution in [-0.2, 0) is 10.8 Å². The summed E-state index contributed by atoms with van der Waals surface area (Å²) in [7, 11) is 0. The van der Waals surface area contributed by atoms with Gasteiger partial charge in [-0.05, 0) is 125 Å². The summed E-state index contributed by atoms with van der Waals surface area (Å²) in [5.41, 5.74) is -7.68. The van der Waals surface area contributed by atoms with Crippen LogP contribution in [0.15, 0.2) is 78.9 Å². The predicted octanol–water partition coefficient (Wildman–Crippen LogP) is 10.7. The van der Waals surface area contributed by atoms with Gasteiger partial charge >= 0.3 is 0 Å². The molecule has 1 aliphatic carbocycles. The van der Waals surface area contributed by atoms with E-state index in [-0.39, 0.29) is 5.56 Å². The fourth-order valence-corrected chi connectivity index (χ4v) is 5.46. The smallest absolute Gasteiger partial charge is 0.0466 e. The molecule has 0 atom stereocenters. The molecular formula is C37H43N. The number of hydrogen-bond donors (Lipinski definition) is 0. The molecule has 38 heavy (non-hydrogen) atoms. The molecule has 0 saturated carbocycles. The molecule has 0 N–H and O–H groups in total. The number of hydrogen-bond acceptors (Lipinski definition) is 1. The Morgan fingerprint density at radius 2 is 0.947 bits per heavy atom. The van der Waals surface area contributed by atoms with Crippen LogP contribution < -0.4 is 4.90 Å². The third-order valence-electron chi connectivity index (χ3n) is 7.34. The van der Waals surface area contributed by atoms with Crippen molar-refractivity contribution in [2.45, 2.75) is 79.6 Å². The number of nitrogens with zero attached hydrogens (tertiary/aromatic N) is 1. The lowest BCUT2D eigenvalue weighted by atomic mass is 9.59. The van der Waals surface area contributed by atoms with Gasteiger partial charge in [0.15, 0.2) is 0 Å². The molecule has 0 amide bonds. The SMILES string of the molecule is [2H]C([2H])([2H])C1(C([2H])([2H])[2H])c2ccc(-c3ccc(N(c4cc(C)cc(C)c4)c4cc(C)cc(C)c4)cc3)cc2C(C([2H])([2H])[2H])(C([2H])([2H])[2H])C1(C([2H])([2H])[2H])C([2H])([2H])[2H]. The molecule has 4 aromatic carbocycles. The molecule has 1 nitrogen and oxygen atoms in total. The highest BCUT2D eigenvalue weighted by Crippen LogP contribution is 2.61. The largest absolute Gasteiger partial charge is 0.310 e. The van der Waals surface area contributed by atoms with Crippen molar-refractivity contribution in [3.05, 3.63) is 112 Å². The zero-order valence-electron chi connectivity index (χ0n) is 40.0. The van der Waals surface area contributed by atoms with E-state index in [0.29, 0.717) is 11.3 Å². The standard InChI is InChI=1S/C37H43N/c1-24-17-25(2)20-31(19-24)38(32-21-26(3)18-27(4)22-32)30-14-11-28(12-15-30)29-13-16-33-34(23-29)36(7,8)37(9,10)35(33,5)6/h11-23H,1-10H3/i5D3,6D3,7D3,8D3,9D3,10D3. The van der Waals surface area contributed by atoms with E-state index < -0.39 is 68.5 Å². The predicted molar refractivity (Wildman–Crippen MR) is 165 cm³/mol. The van der Waals surface area contributed by atoms with Gasteiger partial charge in [0.1, 0.15) is 0 Å². The van der Waals surface area contributed by atoms with E-state index in [2.05, 4.69) is 0 Å². The summed E-state index contributed by atoms with van der Waals surface area (Å²) in [6, 6.07) is 22.0. The minimum absolute atomic E-state index is 0.0643. The van der Waals surface area contributed by atoms with Gasteiger partial charge in [-0.2, -0.15) is 0 Å². The van der Waals surface area contributed by atoms with Gasteiger partial charge in [-0.1, -0.05) is 83.6 Å². The zero-order chi connectivity index (χ0) is 42.6. The highest BCUT2D eigenvalue weighted by atomic mass is 15.1. The molecular weight excluding hydrogens is 458 g/mol. The summed E-state index contributed by atoms with van der Waals surface area (Å²) in [4.78, 5) is 2.03. The lowest BCUT2D eigenvalue weighted by Crippen LogP contribution is -2.42. The van der Waals surface area contributed by atoms with Gasteiger partial charge in [0.25, 0.3) is 0 Å². The maximum atomic E-state index is 8.74. The van der Waals surface area contributed by atoms with Crippen LogP contribution in [-0.4, -0.2) is 0 Å². The van der Waals surface area contributed by atoms with E-state index >= 15 is 0 Å². The van der Waals surface area contributed by atoms with Crippen molar-refractivity contribution in [1.82, 2.24) is 0 Å². The molecule has 0 saturated heterocycles. The Hall–Kier alpha value is -3.32. The Kier molecular flexibility index (Phi) is 2.86. The zero-order valence-corrected chi connectivity index (χ0v) is 22.0. The van der Waals surface area contributed by atoms with Crippen molar-refractivity contribution in [1.29, 1.82) is 0 Å². The normalized spacial score (nSPS) is 25.8. The molecule has 0 radical (unpaired) electrons. The summed E-state index contributed by atoms with van der Waals surface area (Å²) in [6.45, 7) is -17.2. The third-order valence-corrected chi connectivity index (χ3v) is 7.34. The third kappa shape index (κ3) is 4.08. The van der Waals surface area contributed by atoms with E-state index in [9.17, 15) is 0 Å². The molecule has 4 aromatic rings. The molecule has 0 heterocycles. The van der Waals surface area contributed by atoms with Crippen molar-refractivity contribution in [3.8, 4) is 11.1 Å². The number of anilines is 3. The Bertz CT molecular complexity index is 1990. The van der Waals surface area contributed by atoms with Gasteiger partial charge in [-0.3, -0.25) is 0 Å². The van der Waals surface area contributed by atoms with Gasteiger partial charge in [-0.15, -0.1) is 0 Å². The first-order valence-corrected chi connectivity index (χ1v) is 12.4. The van der Waals surface area contributed by atoms with Crippen LogP contribution in [0.2, 0.25) is 0 Å². The Morgan fingerprint density at radius 3 is 1.42 bits per heavy atom. The highest BCUT2D eigenvalue weighted by molar-refractivity contribution is 5.79. The number of rotatable bonds is 4. The molecule has 0 unspecified atom stereocenters. The second-order valence-corrected chi connectivity index (χ2v) is 10.6.